The fourth-order valence-electron chi connectivity index (χ4n) is 4.81. The maximum absolute atomic E-state index is 13.2. The van der Waals surface area contributed by atoms with E-state index < -0.39 is 11.9 Å². The predicted molar refractivity (Wildman–Crippen MR) is 110 cm³/mol. The van der Waals surface area contributed by atoms with Crippen LogP contribution in [0.5, 0.6) is 0 Å². The molecule has 0 radical (unpaired) electrons. The van der Waals surface area contributed by atoms with Crippen molar-refractivity contribution in [2.24, 2.45) is 18.4 Å². The molecule has 5 nitrogen and oxygen atoms in total. The Kier molecular flexibility index (Phi) is 5.59. The lowest BCUT2D eigenvalue weighted by molar-refractivity contribution is -0.143. The van der Waals surface area contributed by atoms with Crippen molar-refractivity contribution in [2.45, 2.75) is 55.0 Å². The van der Waals surface area contributed by atoms with Gasteiger partial charge in [0.1, 0.15) is 0 Å². The smallest absolute Gasteiger partial charge is 0.342 e. The van der Waals surface area contributed by atoms with Crippen LogP contribution in [0.25, 0.3) is 0 Å². The number of nitrogens with zero attached hydrogens (tertiary/aromatic N) is 4. The van der Waals surface area contributed by atoms with Crippen LogP contribution in [0.1, 0.15) is 44.7 Å². The number of hydrogen-bond acceptors (Lipinski definition) is 5. The third-order valence-corrected chi connectivity index (χ3v) is 7.48. The van der Waals surface area contributed by atoms with Crippen LogP contribution in [0, 0.1) is 11.3 Å². The number of pyridine rings is 1. The first-order chi connectivity index (χ1) is 14.2. The van der Waals surface area contributed by atoms with Crippen molar-refractivity contribution in [2.75, 3.05) is 18.0 Å². The van der Waals surface area contributed by atoms with Crippen molar-refractivity contribution in [3.05, 3.63) is 40.6 Å². The van der Waals surface area contributed by atoms with Gasteiger partial charge in [-0.25, -0.2) is 4.98 Å². The molecule has 0 amide bonds. The van der Waals surface area contributed by atoms with Crippen molar-refractivity contribution in [3.8, 4) is 0 Å². The lowest BCUT2D eigenvalue weighted by atomic mass is 9.76. The molecule has 1 aliphatic heterocycles. The van der Waals surface area contributed by atoms with Gasteiger partial charge in [0.25, 0.3) is 5.56 Å². The summed E-state index contributed by atoms with van der Waals surface area (Å²) in [7, 11) is 1.63. The van der Waals surface area contributed by atoms with Gasteiger partial charge in [-0.15, -0.1) is 0 Å². The predicted octanol–water partition coefficient (Wildman–Crippen LogP) is 4.75. The van der Waals surface area contributed by atoms with Gasteiger partial charge in [0.15, 0.2) is 5.69 Å². The number of rotatable bonds is 3. The molecule has 1 aliphatic carbocycles. The Morgan fingerprint density at radius 2 is 1.90 bits per heavy atom. The van der Waals surface area contributed by atoms with Crippen molar-refractivity contribution < 1.29 is 13.2 Å². The van der Waals surface area contributed by atoms with Crippen molar-refractivity contribution >= 4 is 17.7 Å². The third-order valence-electron chi connectivity index (χ3n) is 6.43. The maximum atomic E-state index is 13.2. The minimum Gasteiger partial charge on any atom is -0.342 e. The van der Waals surface area contributed by atoms with Gasteiger partial charge in [0.2, 0.25) is 5.95 Å². The number of hydrogen-bond donors (Lipinski definition) is 0. The molecule has 1 saturated carbocycles. The first-order valence-corrected chi connectivity index (χ1v) is 11.0. The van der Waals surface area contributed by atoms with E-state index in [4.69, 9.17) is 0 Å². The Morgan fingerprint density at radius 1 is 1.17 bits per heavy atom. The molecule has 0 aromatic carbocycles. The molecule has 2 aromatic rings. The maximum Gasteiger partial charge on any atom is 0.434 e. The van der Waals surface area contributed by atoms with Crippen LogP contribution in [0.15, 0.2) is 39.1 Å². The standard InChI is InChI=1S/C21H25F3N4OS/c1-14-5-6-20(12-14)7-10-28(11-8-20)19-26-13-16(18(29)27(19)2)30-15-4-3-9-25-17(15)21(22,23)24/h3-4,9,13-14H,5-8,10-12H2,1-2H3/t14-/m0/s1. The summed E-state index contributed by atoms with van der Waals surface area (Å²) in [5.41, 5.74) is -0.913. The molecule has 1 spiro atoms. The second kappa shape index (κ2) is 7.90. The van der Waals surface area contributed by atoms with Crippen LogP contribution < -0.4 is 10.5 Å². The number of anilines is 1. The zero-order valence-corrected chi connectivity index (χ0v) is 17.9. The van der Waals surface area contributed by atoms with Crippen molar-refractivity contribution in [1.29, 1.82) is 0 Å². The summed E-state index contributed by atoms with van der Waals surface area (Å²) in [6.45, 7) is 4.01. The lowest BCUT2D eigenvalue weighted by Gasteiger charge is -2.40. The topological polar surface area (TPSA) is 51.0 Å². The Hall–Kier alpha value is -2.03. The molecule has 1 atom stereocenters. The van der Waals surface area contributed by atoms with Crippen molar-refractivity contribution in [3.63, 3.8) is 0 Å². The number of piperidine rings is 1. The Bertz CT molecular complexity index is 983. The molecule has 1 saturated heterocycles. The van der Waals surface area contributed by atoms with Gasteiger partial charge in [-0.1, -0.05) is 25.1 Å². The Labute approximate surface area is 177 Å². The molecule has 2 aliphatic rings. The van der Waals surface area contributed by atoms with E-state index in [1.54, 1.807) is 7.05 Å². The molecule has 162 valence electrons. The van der Waals surface area contributed by atoms with Crippen LogP contribution >= 0.6 is 11.8 Å². The molecule has 9 heteroatoms. The molecule has 4 rings (SSSR count). The van der Waals surface area contributed by atoms with Crippen LogP contribution in [0.2, 0.25) is 0 Å². The van der Waals surface area contributed by atoms with Gasteiger partial charge in [-0.05, 0) is 49.1 Å². The van der Waals surface area contributed by atoms with Crippen LogP contribution in [-0.4, -0.2) is 27.6 Å². The van der Waals surface area contributed by atoms with Gasteiger partial charge >= 0.3 is 6.18 Å². The summed E-state index contributed by atoms with van der Waals surface area (Å²) in [5, 5.41) is 0. The van der Waals surface area contributed by atoms with Crippen LogP contribution in [0.3, 0.4) is 0 Å². The fraction of sp³-hybridized carbons (Fsp3) is 0.571. The summed E-state index contributed by atoms with van der Waals surface area (Å²) in [6.07, 6.45) is 3.92. The van der Waals surface area contributed by atoms with Crippen molar-refractivity contribution in [1.82, 2.24) is 14.5 Å². The monoisotopic (exact) mass is 438 g/mol. The van der Waals surface area contributed by atoms with Gasteiger partial charge < -0.3 is 4.90 Å². The van der Waals surface area contributed by atoms with E-state index in [9.17, 15) is 18.0 Å². The molecular weight excluding hydrogens is 413 g/mol. The number of aromatic nitrogens is 3. The van der Waals surface area contributed by atoms with Gasteiger partial charge in [-0.2, -0.15) is 13.2 Å². The molecule has 0 N–H and O–H groups in total. The minimum atomic E-state index is -4.58. The summed E-state index contributed by atoms with van der Waals surface area (Å²) >= 11 is 0.756. The summed E-state index contributed by atoms with van der Waals surface area (Å²) in [4.78, 5) is 22.9. The highest BCUT2D eigenvalue weighted by Crippen LogP contribution is 2.49. The van der Waals surface area contributed by atoms with E-state index in [1.165, 1.54) is 42.2 Å². The largest absolute Gasteiger partial charge is 0.434 e. The fourth-order valence-corrected chi connectivity index (χ4v) is 5.79. The molecule has 2 aromatic heterocycles. The van der Waals surface area contributed by atoms with Crippen LogP contribution in [-0.2, 0) is 13.2 Å². The zero-order chi connectivity index (χ0) is 21.5. The second-order valence-electron chi connectivity index (χ2n) is 8.57. The molecular formula is C21H25F3N4OS. The minimum absolute atomic E-state index is 0.105. The highest BCUT2D eigenvalue weighted by molar-refractivity contribution is 7.99. The van der Waals surface area contributed by atoms with Gasteiger partial charge in [0.05, 0.1) is 11.1 Å². The first kappa shape index (κ1) is 21.2. The normalized spacial score (nSPS) is 21.4. The van der Waals surface area contributed by atoms with Gasteiger partial charge in [-0.3, -0.25) is 14.3 Å². The molecule has 0 bridgehead atoms. The Morgan fingerprint density at radius 3 is 2.53 bits per heavy atom. The molecule has 0 unspecified atom stereocenters. The average molecular weight is 439 g/mol. The number of halogens is 3. The van der Waals surface area contributed by atoms with E-state index >= 15 is 0 Å². The molecule has 3 heterocycles. The highest BCUT2D eigenvalue weighted by atomic mass is 32.2. The highest BCUT2D eigenvalue weighted by Gasteiger charge is 2.40. The summed E-state index contributed by atoms with van der Waals surface area (Å²) in [5.74, 6) is 1.36. The first-order valence-electron chi connectivity index (χ1n) is 10.2. The quantitative estimate of drug-likeness (QED) is 0.692. The number of alkyl halides is 3. The van der Waals surface area contributed by atoms with E-state index in [2.05, 4.69) is 21.8 Å². The second-order valence-corrected chi connectivity index (χ2v) is 9.66. The lowest BCUT2D eigenvalue weighted by Crippen LogP contribution is -2.42. The molecule has 30 heavy (non-hydrogen) atoms. The zero-order valence-electron chi connectivity index (χ0n) is 17.1. The van der Waals surface area contributed by atoms with Crippen LogP contribution in [0.4, 0.5) is 19.1 Å². The van der Waals surface area contributed by atoms with E-state index in [0.29, 0.717) is 11.4 Å². The Balaban J connectivity index is 1.54. The molecule has 2 fully saturated rings. The SMILES string of the molecule is C[C@H]1CCC2(CCN(c3ncc(Sc4cccnc4C(F)(F)F)c(=O)n3C)CC2)C1. The summed E-state index contributed by atoms with van der Waals surface area (Å²) < 4.78 is 41.1. The van der Waals surface area contributed by atoms with E-state index in [-0.39, 0.29) is 15.4 Å². The van der Waals surface area contributed by atoms with E-state index in [0.717, 1.165) is 49.8 Å². The third kappa shape index (κ3) is 4.08. The average Bonchev–Trinajstić information content (AvgIpc) is 3.06. The van der Waals surface area contributed by atoms with E-state index in [1.807, 2.05) is 0 Å². The van der Waals surface area contributed by atoms with Gasteiger partial charge in [0, 0.05) is 31.2 Å². The summed E-state index contributed by atoms with van der Waals surface area (Å²) in [6, 6.07) is 2.75.